The minimum absolute atomic E-state index is 0.124. The van der Waals surface area contributed by atoms with E-state index in [4.69, 9.17) is 9.47 Å². The lowest BCUT2D eigenvalue weighted by Gasteiger charge is -2.26. The molecule has 1 atom stereocenters. The molecular weight excluding hydrogens is 506 g/mol. The third-order valence-corrected chi connectivity index (χ3v) is 6.00. The fraction of sp³-hybridized carbons (Fsp3) is 0.207. The van der Waals surface area contributed by atoms with Crippen LogP contribution in [0.15, 0.2) is 85.3 Å². The maximum absolute atomic E-state index is 13.2. The highest BCUT2D eigenvalue weighted by atomic mass is 19.1. The molecule has 0 aliphatic carbocycles. The molecule has 1 unspecified atom stereocenters. The minimum Gasteiger partial charge on any atom is -0.457 e. The molecule has 0 saturated carbocycles. The zero-order valence-corrected chi connectivity index (χ0v) is 21.4. The summed E-state index contributed by atoms with van der Waals surface area (Å²) < 4.78 is 37.7. The van der Waals surface area contributed by atoms with Crippen LogP contribution in [0.5, 0.6) is 11.5 Å². The molecule has 39 heavy (non-hydrogen) atoms. The Morgan fingerprint density at radius 3 is 2.10 bits per heavy atom. The van der Waals surface area contributed by atoms with Crippen LogP contribution in [0.2, 0.25) is 0 Å². The van der Waals surface area contributed by atoms with Crippen molar-refractivity contribution < 1.29 is 27.8 Å². The molecule has 4 aromatic rings. The van der Waals surface area contributed by atoms with E-state index in [1.165, 1.54) is 42.7 Å². The summed E-state index contributed by atoms with van der Waals surface area (Å²) in [5.41, 5.74) is 0.780. The zero-order valence-electron chi connectivity index (χ0n) is 21.4. The van der Waals surface area contributed by atoms with Crippen LogP contribution in [-0.2, 0) is 26.3 Å². The number of H-pyrrole nitrogens is 1. The summed E-state index contributed by atoms with van der Waals surface area (Å²) in [7, 11) is 0. The van der Waals surface area contributed by atoms with Gasteiger partial charge in [0.05, 0.1) is 25.0 Å². The van der Waals surface area contributed by atoms with E-state index in [9.17, 15) is 18.4 Å². The van der Waals surface area contributed by atoms with Gasteiger partial charge in [-0.05, 0) is 80.1 Å². The van der Waals surface area contributed by atoms with Crippen molar-refractivity contribution in [3.05, 3.63) is 108 Å². The predicted molar refractivity (Wildman–Crippen MR) is 141 cm³/mol. The molecule has 1 aromatic heterocycles. The van der Waals surface area contributed by atoms with Crippen molar-refractivity contribution in [3.63, 3.8) is 0 Å². The Morgan fingerprint density at radius 2 is 1.51 bits per heavy atom. The van der Waals surface area contributed by atoms with E-state index in [0.717, 1.165) is 5.56 Å². The van der Waals surface area contributed by atoms with Gasteiger partial charge in [0.2, 0.25) is 11.8 Å². The Bertz CT molecular complexity index is 1370. The highest BCUT2D eigenvalue weighted by Gasteiger charge is 2.34. The Morgan fingerprint density at radius 1 is 0.923 bits per heavy atom. The molecule has 0 bridgehead atoms. The van der Waals surface area contributed by atoms with Gasteiger partial charge in [0.15, 0.2) is 0 Å². The molecule has 2 amide bonds. The molecule has 0 spiro atoms. The average molecular weight is 535 g/mol. The Kier molecular flexibility index (Phi) is 8.67. The van der Waals surface area contributed by atoms with Crippen molar-refractivity contribution in [2.75, 3.05) is 11.9 Å². The molecule has 0 aliphatic heterocycles. The molecule has 8 nitrogen and oxygen atoms in total. The number of hydrogen-bond donors (Lipinski definition) is 3. The summed E-state index contributed by atoms with van der Waals surface area (Å²) in [6, 6.07) is 17.0. The summed E-state index contributed by atoms with van der Waals surface area (Å²) in [4.78, 5) is 33.3. The number of anilines is 1. The number of halogens is 2. The molecule has 4 rings (SSSR count). The molecule has 202 valence electrons. The number of nitrogens with one attached hydrogen (secondary N) is 3. The number of rotatable bonds is 11. The lowest BCUT2D eigenvalue weighted by molar-refractivity contribution is -0.131. The van der Waals surface area contributed by atoms with Crippen molar-refractivity contribution in [1.29, 1.82) is 0 Å². The number of ether oxygens (including phenoxy) is 2. The number of hydrogen-bond acceptors (Lipinski definition) is 5. The summed E-state index contributed by atoms with van der Waals surface area (Å²) in [5.74, 6) is -0.659. The zero-order chi connectivity index (χ0) is 27.8. The first-order chi connectivity index (χ1) is 18.7. The van der Waals surface area contributed by atoms with E-state index in [0.29, 0.717) is 22.9 Å². The third-order valence-electron chi connectivity index (χ3n) is 6.00. The Balaban J connectivity index is 1.42. The molecule has 0 radical (unpaired) electrons. The van der Waals surface area contributed by atoms with Gasteiger partial charge in [0, 0.05) is 17.6 Å². The summed E-state index contributed by atoms with van der Waals surface area (Å²) in [6.07, 6.45) is 3.03. The largest absolute Gasteiger partial charge is 0.457 e. The number of carbonyl (C=O) groups is 2. The maximum Gasteiger partial charge on any atom is 0.249 e. The molecule has 1 heterocycles. The Labute approximate surface area is 224 Å². The average Bonchev–Trinajstić information content (AvgIpc) is 3.48. The summed E-state index contributed by atoms with van der Waals surface area (Å²) >= 11 is 0. The van der Waals surface area contributed by atoms with Gasteiger partial charge >= 0.3 is 0 Å². The number of benzene rings is 3. The van der Waals surface area contributed by atoms with Crippen LogP contribution in [-0.4, -0.2) is 34.4 Å². The second-order valence-corrected chi connectivity index (χ2v) is 9.33. The molecule has 0 aliphatic rings. The lowest BCUT2D eigenvalue weighted by Crippen LogP contribution is -2.52. The summed E-state index contributed by atoms with van der Waals surface area (Å²) in [6.45, 7) is 3.42. The van der Waals surface area contributed by atoms with Crippen LogP contribution in [0.1, 0.15) is 25.1 Å². The van der Waals surface area contributed by atoms with Crippen molar-refractivity contribution >= 4 is 17.5 Å². The SMILES string of the molecule is CC(C)(C(=O)NC(COCc1ccc(F)cc1)C(=O)Nc1ccc(Oc2ccc(F)cc2)cc1)c1cnc[nH]1. The number of nitrogens with zero attached hydrogens (tertiary/aromatic N) is 1. The Hall–Kier alpha value is -4.57. The molecule has 10 heteroatoms. The monoisotopic (exact) mass is 534 g/mol. The number of imidazole rings is 1. The van der Waals surface area contributed by atoms with E-state index >= 15 is 0 Å². The molecular formula is C29H28F2N4O4. The first kappa shape index (κ1) is 27.5. The van der Waals surface area contributed by atoms with E-state index in [2.05, 4.69) is 20.6 Å². The molecule has 0 saturated heterocycles. The fourth-order valence-corrected chi connectivity index (χ4v) is 3.59. The smallest absolute Gasteiger partial charge is 0.249 e. The van der Waals surface area contributed by atoms with Gasteiger partial charge in [-0.1, -0.05) is 12.1 Å². The highest BCUT2D eigenvalue weighted by molar-refractivity contribution is 5.98. The van der Waals surface area contributed by atoms with Gasteiger partial charge in [0.25, 0.3) is 0 Å². The number of amides is 2. The van der Waals surface area contributed by atoms with E-state index in [-0.39, 0.29) is 24.8 Å². The number of aromatic amines is 1. The van der Waals surface area contributed by atoms with Gasteiger partial charge in [-0.25, -0.2) is 13.8 Å². The van der Waals surface area contributed by atoms with E-state index in [1.54, 1.807) is 56.4 Å². The number of aromatic nitrogens is 2. The van der Waals surface area contributed by atoms with Gasteiger partial charge in [0.1, 0.15) is 29.2 Å². The van der Waals surface area contributed by atoms with Crippen molar-refractivity contribution in [3.8, 4) is 11.5 Å². The molecule has 0 fully saturated rings. The second-order valence-electron chi connectivity index (χ2n) is 9.33. The first-order valence-corrected chi connectivity index (χ1v) is 12.2. The lowest BCUT2D eigenvalue weighted by atomic mass is 9.88. The van der Waals surface area contributed by atoms with Crippen LogP contribution in [0.4, 0.5) is 14.5 Å². The normalized spacial score (nSPS) is 12.0. The van der Waals surface area contributed by atoms with Crippen molar-refractivity contribution in [2.24, 2.45) is 0 Å². The maximum atomic E-state index is 13.2. The highest BCUT2D eigenvalue weighted by Crippen LogP contribution is 2.24. The van der Waals surface area contributed by atoms with Crippen LogP contribution in [0.3, 0.4) is 0 Å². The van der Waals surface area contributed by atoms with Crippen LogP contribution in [0, 0.1) is 11.6 Å². The van der Waals surface area contributed by atoms with Crippen LogP contribution in [0.25, 0.3) is 0 Å². The van der Waals surface area contributed by atoms with E-state index in [1.807, 2.05) is 0 Å². The summed E-state index contributed by atoms with van der Waals surface area (Å²) in [5, 5.41) is 5.55. The van der Waals surface area contributed by atoms with Crippen molar-refractivity contribution in [2.45, 2.75) is 31.9 Å². The van der Waals surface area contributed by atoms with Crippen LogP contribution < -0.4 is 15.4 Å². The van der Waals surface area contributed by atoms with Crippen LogP contribution >= 0.6 is 0 Å². The molecule has 3 N–H and O–H groups in total. The first-order valence-electron chi connectivity index (χ1n) is 12.2. The van der Waals surface area contributed by atoms with Gasteiger partial charge in [-0.15, -0.1) is 0 Å². The molecule has 3 aromatic carbocycles. The van der Waals surface area contributed by atoms with Gasteiger partial charge in [-0.2, -0.15) is 0 Å². The fourth-order valence-electron chi connectivity index (χ4n) is 3.59. The second kappa shape index (κ2) is 12.3. The third kappa shape index (κ3) is 7.48. The quantitative estimate of drug-likeness (QED) is 0.248. The van der Waals surface area contributed by atoms with Crippen molar-refractivity contribution in [1.82, 2.24) is 15.3 Å². The predicted octanol–water partition coefficient (Wildman–Crippen LogP) is 5.10. The number of carbonyl (C=O) groups excluding carboxylic acids is 2. The van der Waals surface area contributed by atoms with Gasteiger partial charge in [-0.3, -0.25) is 9.59 Å². The standard InChI is InChI=1S/C29H28F2N4O4/c1-29(2,26-15-32-18-33-26)28(37)35-25(17-38-16-19-3-5-20(30)6-4-19)27(36)34-22-9-13-24(14-10-22)39-23-11-7-21(31)8-12-23/h3-15,18,25H,16-17H2,1-2H3,(H,32,33)(H,34,36)(H,35,37). The topological polar surface area (TPSA) is 105 Å². The minimum atomic E-state index is -1.03. The van der Waals surface area contributed by atoms with Gasteiger partial charge < -0.3 is 25.1 Å². The van der Waals surface area contributed by atoms with E-state index < -0.39 is 23.3 Å².